The maximum atomic E-state index is 14.1. The molecule has 0 unspecified atom stereocenters. The molecular weight excluding hydrogens is 432 g/mol. The molecule has 8 nitrogen and oxygen atoms in total. The van der Waals surface area contributed by atoms with Crippen molar-refractivity contribution in [3.8, 4) is 23.4 Å². The Hall–Kier alpha value is -3.87. The highest BCUT2D eigenvalue weighted by atomic mass is 19.3. The van der Waals surface area contributed by atoms with Crippen molar-refractivity contribution in [1.29, 1.82) is 0 Å². The molecule has 1 aliphatic heterocycles. The van der Waals surface area contributed by atoms with Gasteiger partial charge in [0.15, 0.2) is 0 Å². The van der Waals surface area contributed by atoms with E-state index in [0.29, 0.717) is 17.0 Å². The summed E-state index contributed by atoms with van der Waals surface area (Å²) < 4.78 is 38.7. The van der Waals surface area contributed by atoms with Crippen molar-refractivity contribution in [2.45, 2.75) is 44.8 Å². The minimum absolute atomic E-state index is 0.103. The van der Waals surface area contributed by atoms with Gasteiger partial charge in [0, 0.05) is 24.4 Å². The van der Waals surface area contributed by atoms with Crippen LogP contribution in [0.3, 0.4) is 0 Å². The van der Waals surface area contributed by atoms with E-state index >= 15 is 0 Å². The average Bonchev–Trinajstić information content (AvgIpc) is 3.36. The normalized spacial score (nSPS) is 17.4. The van der Waals surface area contributed by atoms with E-state index in [1.54, 1.807) is 51.2 Å². The van der Waals surface area contributed by atoms with E-state index in [4.69, 9.17) is 9.26 Å². The highest BCUT2D eigenvalue weighted by Gasteiger charge is 2.51. The lowest BCUT2D eigenvalue weighted by molar-refractivity contribution is -0.00264. The van der Waals surface area contributed by atoms with Crippen LogP contribution in [0, 0.1) is 11.8 Å². The first kappa shape index (κ1) is 22.3. The molecule has 170 valence electrons. The van der Waals surface area contributed by atoms with E-state index in [1.165, 1.54) is 6.20 Å². The zero-order valence-electron chi connectivity index (χ0n) is 18.2. The van der Waals surface area contributed by atoms with Gasteiger partial charge < -0.3 is 9.26 Å². The lowest BCUT2D eigenvalue weighted by atomic mass is 10.2. The van der Waals surface area contributed by atoms with Crippen LogP contribution in [0.25, 0.3) is 11.5 Å². The number of hydrogen-bond acceptors (Lipinski definition) is 7. The Morgan fingerprint density at radius 2 is 2.03 bits per heavy atom. The Kier molecular flexibility index (Phi) is 5.80. The Balaban J connectivity index is 1.52. The number of halogens is 2. The number of amides is 1. The summed E-state index contributed by atoms with van der Waals surface area (Å²) in [5, 5.41) is 3.85. The largest absolute Gasteiger partial charge is 0.444 e. The highest BCUT2D eigenvalue weighted by Crippen LogP contribution is 2.41. The van der Waals surface area contributed by atoms with Gasteiger partial charge in [-0.1, -0.05) is 17.1 Å². The van der Waals surface area contributed by atoms with Crippen LogP contribution in [-0.4, -0.2) is 49.2 Å². The fourth-order valence-corrected chi connectivity index (χ4v) is 3.20. The fourth-order valence-electron chi connectivity index (χ4n) is 3.20. The predicted molar refractivity (Wildman–Crippen MR) is 113 cm³/mol. The number of ether oxygens (including phenoxy) is 1. The second-order valence-electron chi connectivity index (χ2n) is 8.54. The zero-order valence-corrected chi connectivity index (χ0v) is 18.2. The molecule has 1 saturated heterocycles. The summed E-state index contributed by atoms with van der Waals surface area (Å²) in [5.41, 5.74) is 0.832. The first-order valence-electron chi connectivity index (χ1n) is 10.2. The molecule has 3 aromatic heterocycles. The number of pyridine rings is 2. The number of nitrogens with zero attached hydrogens (tertiary/aromatic N) is 5. The number of carbonyl (C=O) groups is 1. The standard InChI is InChI=1S/C23H21F2N5O3/c1-22(2,3)32-21(31)30-14-23(24,25)12-18(30)20-28-19(29-33-20)17-10-8-15(13-27-17)7-9-16-6-4-5-11-26-16/h4-6,8,10-11,13,18H,12,14H2,1-3H3/t18-/m0/s1. The van der Waals surface area contributed by atoms with Gasteiger partial charge in [-0.25, -0.2) is 18.6 Å². The summed E-state index contributed by atoms with van der Waals surface area (Å²) in [7, 11) is 0. The third-order valence-electron chi connectivity index (χ3n) is 4.62. The smallest absolute Gasteiger partial charge is 0.411 e. The number of carbonyl (C=O) groups excluding carboxylic acids is 1. The topological polar surface area (TPSA) is 94.2 Å². The molecule has 3 aromatic rings. The minimum atomic E-state index is -3.09. The van der Waals surface area contributed by atoms with Crippen molar-refractivity contribution in [2.24, 2.45) is 0 Å². The first-order chi connectivity index (χ1) is 15.6. The van der Waals surface area contributed by atoms with E-state index in [-0.39, 0.29) is 11.7 Å². The number of likely N-dealkylation sites (tertiary alicyclic amines) is 1. The Bertz CT molecular complexity index is 1190. The summed E-state index contributed by atoms with van der Waals surface area (Å²) >= 11 is 0. The summed E-state index contributed by atoms with van der Waals surface area (Å²) in [6, 6.07) is 7.72. The molecule has 4 heterocycles. The van der Waals surface area contributed by atoms with Crippen molar-refractivity contribution >= 4 is 6.09 Å². The first-order valence-corrected chi connectivity index (χ1v) is 10.2. The molecule has 1 atom stereocenters. The molecule has 1 amide bonds. The Morgan fingerprint density at radius 1 is 1.21 bits per heavy atom. The second kappa shape index (κ2) is 8.58. The van der Waals surface area contributed by atoms with Gasteiger partial charge in [-0.2, -0.15) is 4.98 Å². The lowest BCUT2D eigenvalue weighted by Crippen LogP contribution is -2.38. The predicted octanol–water partition coefficient (Wildman–Crippen LogP) is 4.24. The van der Waals surface area contributed by atoms with Gasteiger partial charge in [0.1, 0.15) is 23.0 Å². The lowest BCUT2D eigenvalue weighted by Gasteiger charge is -2.26. The van der Waals surface area contributed by atoms with Crippen molar-refractivity contribution in [3.63, 3.8) is 0 Å². The molecule has 0 saturated carbocycles. The van der Waals surface area contributed by atoms with Crippen LogP contribution in [0.1, 0.15) is 50.4 Å². The summed E-state index contributed by atoms with van der Waals surface area (Å²) in [5.74, 6) is 2.81. The van der Waals surface area contributed by atoms with E-state index in [9.17, 15) is 13.6 Å². The van der Waals surface area contributed by atoms with Gasteiger partial charge in [0.25, 0.3) is 5.92 Å². The minimum Gasteiger partial charge on any atom is -0.444 e. The third kappa shape index (κ3) is 5.49. The van der Waals surface area contributed by atoms with Crippen LogP contribution in [0.4, 0.5) is 13.6 Å². The van der Waals surface area contributed by atoms with Gasteiger partial charge in [-0.15, -0.1) is 0 Å². The van der Waals surface area contributed by atoms with Crippen LogP contribution >= 0.6 is 0 Å². The molecule has 33 heavy (non-hydrogen) atoms. The third-order valence-corrected chi connectivity index (χ3v) is 4.62. The monoisotopic (exact) mass is 453 g/mol. The quantitative estimate of drug-likeness (QED) is 0.536. The molecule has 1 aliphatic rings. The number of hydrogen-bond donors (Lipinski definition) is 0. The SMILES string of the molecule is CC(C)(C)OC(=O)N1CC(F)(F)C[C@H]1c1nc(-c2ccc(C#Cc3ccccn3)cn2)no1. The number of rotatable bonds is 2. The molecule has 0 N–H and O–H groups in total. The van der Waals surface area contributed by atoms with Crippen molar-refractivity contribution in [2.75, 3.05) is 6.54 Å². The molecule has 0 aliphatic carbocycles. The van der Waals surface area contributed by atoms with Gasteiger partial charge in [0.05, 0.1) is 6.54 Å². The molecule has 0 aromatic carbocycles. The van der Waals surface area contributed by atoms with Gasteiger partial charge in [-0.3, -0.25) is 9.88 Å². The van der Waals surface area contributed by atoms with Crippen LogP contribution < -0.4 is 0 Å². The maximum absolute atomic E-state index is 14.1. The van der Waals surface area contributed by atoms with Crippen LogP contribution in [0.2, 0.25) is 0 Å². The number of aromatic nitrogens is 4. The molecule has 0 spiro atoms. The molecular formula is C23H21F2N5O3. The van der Waals surface area contributed by atoms with Crippen molar-refractivity contribution in [3.05, 3.63) is 59.9 Å². The van der Waals surface area contributed by atoms with Crippen LogP contribution in [0.5, 0.6) is 0 Å². The Morgan fingerprint density at radius 3 is 2.70 bits per heavy atom. The van der Waals surface area contributed by atoms with Crippen molar-refractivity contribution in [1.82, 2.24) is 25.0 Å². The van der Waals surface area contributed by atoms with E-state index in [0.717, 1.165) is 4.90 Å². The molecule has 0 radical (unpaired) electrons. The van der Waals surface area contributed by atoms with E-state index < -0.39 is 36.6 Å². The summed E-state index contributed by atoms with van der Waals surface area (Å²) in [4.78, 5) is 26.0. The van der Waals surface area contributed by atoms with Crippen LogP contribution in [0.15, 0.2) is 47.2 Å². The van der Waals surface area contributed by atoms with E-state index in [1.807, 2.05) is 6.07 Å². The fraction of sp³-hybridized carbons (Fsp3) is 0.348. The highest BCUT2D eigenvalue weighted by molar-refractivity contribution is 5.69. The van der Waals surface area contributed by atoms with Gasteiger partial charge >= 0.3 is 6.09 Å². The molecule has 10 heteroatoms. The summed E-state index contributed by atoms with van der Waals surface area (Å²) in [6.45, 7) is 4.20. The number of alkyl halides is 2. The van der Waals surface area contributed by atoms with E-state index in [2.05, 4.69) is 31.9 Å². The molecule has 4 rings (SSSR count). The molecule has 1 fully saturated rings. The summed E-state index contributed by atoms with van der Waals surface area (Å²) in [6.07, 6.45) is 1.70. The zero-order chi connectivity index (χ0) is 23.6. The second-order valence-corrected chi connectivity index (χ2v) is 8.54. The average molecular weight is 453 g/mol. The van der Waals surface area contributed by atoms with Gasteiger partial charge in [-0.05, 0) is 51.0 Å². The maximum Gasteiger partial charge on any atom is 0.411 e. The van der Waals surface area contributed by atoms with Crippen molar-refractivity contribution < 1.29 is 22.8 Å². The molecule has 0 bridgehead atoms. The van der Waals surface area contributed by atoms with Crippen LogP contribution in [-0.2, 0) is 4.74 Å². The van der Waals surface area contributed by atoms with Gasteiger partial charge in [0.2, 0.25) is 11.7 Å². The Labute approximate surface area is 189 Å².